The molecule has 116 valence electrons. The van der Waals surface area contributed by atoms with E-state index in [4.69, 9.17) is 0 Å². The van der Waals surface area contributed by atoms with Gasteiger partial charge in [0.15, 0.2) is 0 Å². The number of hydrogen-bond acceptors (Lipinski definition) is 3. The van der Waals surface area contributed by atoms with Gasteiger partial charge in [-0.3, -0.25) is 14.5 Å². The Labute approximate surface area is 128 Å². The van der Waals surface area contributed by atoms with Crippen molar-refractivity contribution in [2.45, 2.75) is 25.3 Å². The van der Waals surface area contributed by atoms with Gasteiger partial charge in [0.2, 0.25) is 5.91 Å². The molecule has 2 N–H and O–H groups in total. The number of carbonyl (C=O) groups is 3. The monoisotopic (exact) mass is 301 g/mol. The quantitative estimate of drug-likeness (QED) is 0.796. The van der Waals surface area contributed by atoms with Gasteiger partial charge >= 0.3 is 6.03 Å². The van der Waals surface area contributed by atoms with E-state index in [0.717, 1.165) is 17.7 Å². The molecule has 0 radical (unpaired) electrons. The summed E-state index contributed by atoms with van der Waals surface area (Å²) in [5.74, 6) is -0.139. The zero-order valence-corrected chi connectivity index (χ0v) is 12.5. The number of nitrogens with zero attached hydrogens (tertiary/aromatic N) is 1. The molecule has 6 heteroatoms. The lowest BCUT2D eigenvalue weighted by Crippen LogP contribution is -2.43. The van der Waals surface area contributed by atoms with Gasteiger partial charge in [0.1, 0.15) is 12.1 Å². The summed E-state index contributed by atoms with van der Waals surface area (Å²) in [7, 11) is 0. The molecule has 0 bridgehead atoms. The standard InChI is InChI=1S/C16H19N3O3/c1-16(12-5-3-2-4-6-12)14(21)19(15(22)18-16)10-13(20)17-9-11-7-8-11/h2-6,11H,7-10H2,1H3,(H,17,20)(H,18,22)/t16-/m1/s1. The summed E-state index contributed by atoms with van der Waals surface area (Å²) in [5, 5.41) is 5.45. The largest absolute Gasteiger partial charge is 0.354 e. The number of rotatable bonds is 5. The van der Waals surface area contributed by atoms with E-state index in [1.165, 1.54) is 0 Å². The highest BCUT2D eigenvalue weighted by atomic mass is 16.2. The minimum Gasteiger partial charge on any atom is -0.354 e. The summed E-state index contributed by atoms with van der Waals surface area (Å²) in [6, 6.07) is 8.51. The molecule has 1 aromatic carbocycles. The second-order valence-electron chi connectivity index (χ2n) is 6.06. The molecule has 2 aliphatic rings. The molecule has 1 saturated heterocycles. The third kappa shape index (κ3) is 2.68. The lowest BCUT2D eigenvalue weighted by Gasteiger charge is -2.22. The average Bonchev–Trinajstić information content (AvgIpc) is 3.31. The van der Waals surface area contributed by atoms with Crippen LogP contribution in [0.15, 0.2) is 30.3 Å². The van der Waals surface area contributed by atoms with Crippen LogP contribution < -0.4 is 10.6 Å². The molecule has 22 heavy (non-hydrogen) atoms. The second-order valence-corrected chi connectivity index (χ2v) is 6.06. The molecule has 0 aromatic heterocycles. The number of urea groups is 1. The fraction of sp³-hybridized carbons (Fsp3) is 0.438. The molecule has 6 nitrogen and oxygen atoms in total. The zero-order valence-electron chi connectivity index (χ0n) is 12.5. The third-order valence-electron chi connectivity index (χ3n) is 4.21. The Balaban J connectivity index is 1.69. The van der Waals surface area contributed by atoms with E-state index in [2.05, 4.69) is 10.6 Å². The van der Waals surface area contributed by atoms with Crippen molar-refractivity contribution < 1.29 is 14.4 Å². The van der Waals surface area contributed by atoms with Crippen molar-refractivity contribution in [2.24, 2.45) is 5.92 Å². The van der Waals surface area contributed by atoms with Gasteiger partial charge in [0.25, 0.3) is 5.91 Å². The first kappa shape index (κ1) is 14.6. The van der Waals surface area contributed by atoms with E-state index in [1.807, 2.05) is 18.2 Å². The van der Waals surface area contributed by atoms with Crippen LogP contribution in [0.4, 0.5) is 4.79 Å². The van der Waals surface area contributed by atoms with Crippen LogP contribution in [0.2, 0.25) is 0 Å². The Morgan fingerprint density at radius 3 is 2.64 bits per heavy atom. The van der Waals surface area contributed by atoms with Crippen LogP contribution in [0.5, 0.6) is 0 Å². The first-order chi connectivity index (χ1) is 10.5. The van der Waals surface area contributed by atoms with Gasteiger partial charge in [-0.05, 0) is 31.2 Å². The topological polar surface area (TPSA) is 78.5 Å². The Morgan fingerprint density at radius 1 is 1.32 bits per heavy atom. The lowest BCUT2D eigenvalue weighted by molar-refractivity contribution is -0.134. The molecule has 1 atom stereocenters. The molecule has 0 spiro atoms. The van der Waals surface area contributed by atoms with Crippen molar-refractivity contribution in [3.8, 4) is 0 Å². The zero-order chi connectivity index (χ0) is 15.7. The highest BCUT2D eigenvalue weighted by molar-refractivity contribution is 6.09. The number of nitrogens with one attached hydrogen (secondary N) is 2. The number of carbonyl (C=O) groups excluding carboxylic acids is 3. The van der Waals surface area contributed by atoms with Crippen LogP contribution in [0, 0.1) is 5.92 Å². The number of benzene rings is 1. The SMILES string of the molecule is C[C@]1(c2ccccc2)NC(=O)N(CC(=O)NCC2CC2)C1=O. The summed E-state index contributed by atoms with van der Waals surface area (Å²) in [6.07, 6.45) is 2.27. The van der Waals surface area contributed by atoms with Crippen molar-refractivity contribution in [1.82, 2.24) is 15.5 Å². The molecule has 1 heterocycles. The Morgan fingerprint density at radius 2 is 2.00 bits per heavy atom. The number of amides is 4. The minimum absolute atomic E-state index is 0.236. The van der Waals surface area contributed by atoms with Crippen LogP contribution in [0.1, 0.15) is 25.3 Å². The first-order valence-electron chi connectivity index (χ1n) is 7.47. The highest BCUT2D eigenvalue weighted by Gasteiger charge is 2.49. The Kier molecular flexibility index (Phi) is 3.60. The predicted molar refractivity (Wildman–Crippen MR) is 79.8 cm³/mol. The van der Waals surface area contributed by atoms with E-state index < -0.39 is 17.5 Å². The molecule has 3 rings (SSSR count). The van der Waals surface area contributed by atoms with E-state index >= 15 is 0 Å². The van der Waals surface area contributed by atoms with Crippen molar-refractivity contribution in [3.63, 3.8) is 0 Å². The molecule has 4 amide bonds. The van der Waals surface area contributed by atoms with Gasteiger partial charge < -0.3 is 10.6 Å². The molecule has 1 aromatic rings. The van der Waals surface area contributed by atoms with Gasteiger partial charge in [0, 0.05) is 6.54 Å². The predicted octanol–water partition coefficient (Wildman–Crippen LogP) is 0.980. The molecule has 1 saturated carbocycles. The molecule has 1 aliphatic heterocycles. The highest BCUT2D eigenvalue weighted by Crippen LogP contribution is 2.29. The Hall–Kier alpha value is -2.37. The van der Waals surface area contributed by atoms with Crippen LogP contribution in [0.3, 0.4) is 0 Å². The normalized spacial score (nSPS) is 24.3. The van der Waals surface area contributed by atoms with Gasteiger partial charge in [-0.15, -0.1) is 0 Å². The molecule has 1 aliphatic carbocycles. The van der Waals surface area contributed by atoms with Crippen molar-refractivity contribution in [3.05, 3.63) is 35.9 Å². The molecule has 2 fully saturated rings. The van der Waals surface area contributed by atoms with Crippen molar-refractivity contribution in [2.75, 3.05) is 13.1 Å². The smallest absolute Gasteiger partial charge is 0.325 e. The van der Waals surface area contributed by atoms with Crippen molar-refractivity contribution in [1.29, 1.82) is 0 Å². The summed E-state index contributed by atoms with van der Waals surface area (Å²) in [5.41, 5.74) is -0.413. The summed E-state index contributed by atoms with van der Waals surface area (Å²) >= 11 is 0. The maximum absolute atomic E-state index is 12.6. The van der Waals surface area contributed by atoms with Gasteiger partial charge in [-0.1, -0.05) is 30.3 Å². The maximum atomic E-state index is 12.6. The van der Waals surface area contributed by atoms with Crippen molar-refractivity contribution >= 4 is 17.8 Å². The van der Waals surface area contributed by atoms with Gasteiger partial charge in [0.05, 0.1) is 0 Å². The van der Waals surface area contributed by atoms with Crippen LogP contribution in [0.25, 0.3) is 0 Å². The third-order valence-corrected chi connectivity index (χ3v) is 4.21. The molecular weight excluding hydrogens is 282 g/mol. The maximum Gasteiger partial charge on any atom is 0.325 e. The fourth-order valence-electron chi connectivity index (χ4n) is 2.59. The van der Waals surface area contributed by atoms with Crippen LogP contribution in [-0.2, 0) is 15.1 Å². The summed E-state index contributed by atoms with van der Waals surface area (Å²) in [4.78, 5) is 37.5. The number of imide groups is 1. The number of hydrogen-bond donors (Lipinski definition) is 2. The molecule has 0 unspecified atom stereocenters. The second kappa shape index (κ2) is 5.44. The van der Waals surface area contributed by atoms with E-state index in [9.17, 15) is 14.4 Å². The average molecular weight is 301 g/mol. The first-order valence-corrected chi connectivity index (χ1v) is 7.47. The molecular formula is C16H19N3O3. The minimum atomic E-state index is -1.12. The van der Waals surface area contributed by atoms with E-state index in [0.29, 0.717) is 18.0 Å². The lowest BCUT2D eigenvalue weighted by atomic mass is 9.92. The van der Waals surface area contributed by atoms with E-state index in [1.54, 1.807) is 19.1 Å². The fourth-order valence-corrected chi connectivity index (χ4v) is 2.59. The summed E-state index contributed by atoms with van der Waals surface area (Å²) < 4.78 is 0. The Bertz CT molecular complexity index is 612. The van der Waals surface area contributed by atoms with Crippen LogP contribution in [-0.4, -0.2) is 35.8 Å². The van der Waals surface area contributed by atoms with E-state index in [-0.39, 0.29) is 12.5 Å². The van der Waals surface area contributed by atoms with Crippen LogP contribution >= 0.6 is 0 Å². The van der Waals surface area contributed by atoms with Gasteiger partial charge in [-0.25, -0.2) is 4.79 Å². The van der Waals surface area contributed by atoms with Gasteiger partial charge in [-0.2, -0.15) is 0 Å². The summed E-state index contributed by atoms with van der Waals surface area (Å²) in [6.45, 7) is 2.04.